The highest BCUT2D eigenvalue weighted by atomic mass is 32.2. The first-order valence-electron chi connectivity index (χ1n) is 7.30. The lowest BCUT2D eigenvalue weighted by Crippen LogP contribution is -2.33. The summed E-state index contributed by atoms with van der Waals surface area (Å²) in [6.45, 7) is 0.761. The summed E-state index contributed by atoms with van der Waals surface area (Å²) in [6.07, 6.45) is 3.69. The van der Waals surface area contributed by atoms with Gasteiger partial charge in [0.05, 0.1) is 11.9 Å². The molecule has 1 aromatic carbocycles. The van der Waals surface area contributed by atoms with Crippen molar-refractivity contribution in [2.75, 3.05) is 12.3 Å². The molecule has 1 fully saturated rings. The third-order valence-electron chi connectivity index (χ3n) is 3.75. The number of aliphatic hydroxyl groups is 1. The van der Waals surface area contributed by atoms with E-state index in [2.05, 4.69) is 17.4 Å². The van der Waals surface area contributed by atoms with Crippen LogP contribution in [0.2, 0.25) is 0 Å². The highest BCUT2D eigenvalue weighted by molar-refractivity contribution is 7.99. The standard InChI is InChI=1S/C16H23NO2S/c18-15-8-6-13(7-9-15)10-17-16(19)12-20-11-14-4-2-1-3-5-14/h1-5,13,15,18H,6-12H2,(H,17,19). The normalized spacial score (nSPS) is 22.4. The fraction of sp³-hybridized carbons (Fsp3) is 0.562. The van der Waals surface area contributed by atoms with E-state index in [-0.39, 0.29) is 12.0 Å². The summed E-state index contributed by atoms with van der Waals surface area (Å²) in [6, 6.07) is 10.2. The number of nitrogens with one attached hydrogen (secondary N) is 1. The first-order chi connectivity index (χ1) is 9.74. The molecule has 3 nitrogen and oxygen atoms in total. The van der Waals surface area contributed by atoms with Crippen molar-refractivity contribution >= 4 is 17.7 Å². The predicted octanol–water partition coefficient (Wildman–Crippen LogP) is 2.59. The van der Waals surface area contributed by atoms with Crippen molar-refractivity contribution in [2.24, 2.45) is 5.92 Å². The van der Waals surface area contributed by atoms with Crippen LogP contribution >= 0.6 is 11.8 Å². The Morgan fingerprint density at radius 1 is 1.20 bits per heavy atom. The Labute approximate surface area is 125 Å². The van der Waals surface area contributed by atoms with E-state index in [9.17, 15) is 9.90 Å². The zero-order chi connectivity index (χ0) is 14.2. The molecule has 2 N–H and O–H groups in total. The van der Waals surface area contributed by atoms with Crippen LogP contribution in [0.4, 0.5) is 0 Å². The second-order valence-corrected chi connectivity index (χ2v) is 6.44. The molecule has 0 bridgehead atoms. The van der Waals surface area contributed by atoms with Gasteiger partial charge in [-0.1, -0.05) is 30.3 Å². The minimum Gasteiger partial charge on any atom is -0.393 e. The first-order valence-corrected chi connectivity index (χ1v) is 8.46. The highest BCUT2D eigenvalue weighted by Gasteiger charge is 2.19. The maximum Gasteiger partial charge on any atom is 0.230 e. The zero-order valence-electron chi connectivity index (χ0n) is 11.8. The second kappa shape index (κ2) is 8.32. The van der Waals surface area contributed by atoms with Crippen LogP contribution in [-0.4, -0.2) is 29.4 Å². The number of amides is 1. The lowest BCUT2D eigenvalue weighted by atomic mass is 9.87. The third kappa shape index (κ3) is 5.55. The summed E-state index contributed by atoms with van der Waals surface area (Å²) in [5, 5.41) is 12.5. The van der Waals surface area contributed by atoms with Crippen molar-refractivity contribution in [1.82, 2.24) is 5.32 Å². The number of aliphatic hydroxyl groups excluding tert-OH is 1. The minimum absolute atomic E-state index is 0.122. The number of rotatable bonds is 6. The van der Waals surface area contributed by atoms with Gasteiger partial charge in [-0.3, -0.25) is 4.79 Å². The molecule has 4 heteroatoms. The molecule has 0 spiro atoms. The fourth-order valence-electron chi connectivity index (χ4n) is 2.49. The molecule has 1 saturated carbocycles. The Bertz CT molecular complexity index is 402. The minimum atomic E-state index is -0.122. The lowest BCUT2D eigenvalue weighted by molar-refractivity contribution is -0.118. The number of carbonyl (C=O) groups is 1. The van der Waals surface area contributed by atoms with Crippen LogP contribution in [0, 0.1) is 5.92 Å². The Morgan fingerprint density at radius 2 is 1.90 bits per heavy atom. The number of thioether (sulfide) groups is 1. The maximum absolute atomic E-state index is 11.8. The van der Waals surface area contributed by atoms with Gasteiger partial charge in [0.1, 0.15) is 0 Å². The SMILES string of the molecule is O=C(CSCc1ccccc1)NCC1CCC(O)CC1. The van der Waals surface area contributed by atoms with Gasteiger partial charge in [-0.2, -0.15) is 0 Å². The Balaban J connectivity index is 1.56. The molecule has 0 radical (unpaired) electrons. The van der Waals surface area contributed by atoms with Crippen molar-refractivity contribution < 1.29 is 9.90 Å². The molecule has 0 unspecified atom stereocenters. The van der Waals surface area contributed by atoms with E-state index in [0.29, 0.717) is 11.7 Å². The van der Waals surface area contributed by atoms with Gasteiger partial charge in [0.2, 0.25) is 5.91 Å². The van der Waals surface area contributed by atoms with Crippen molar-refractivity contribution in [3.8, 4) is 0 Å². The molecule has 1 aliphatic carbocycles. The average molecular weight is 293 g/mol. The number of hydrogen-bond donors (Lipinski definition) is 2. The number of hydrogen-bond acceptors (Lipinski definition) is 3. The van der Waals surface area contributed by atoms with Gasteiger partial charge >= 0.3 is 0 Å². The van der Waals surface area contributed by atoms with E-state index >= 15 is 0 Å². The van der Waals surface area contributed by atoms with E-state index in [0.717, 1.165) is 38.0 Å². The first kappa shape index (κ1) is 15.4. The molecule has 0 atom stereocenters. The van der Waals surface area contributed by atoms with E-state index in [4.69, 9.17) is 0 Å². The summed E-state index contributed by atoms with van der Waals surface area (Å²) in [7, 11) is 0. The van der Waals surface area contributed by atoms with Gasteiger partial charge in [-0.25, -0.2) is 0 Å². The molecule has 110 valence electrons. The summed E-state index contributed by atoms with van der Waals surface area (Å²) >= 11 is 1.65. The Kier molecular flexibility index (Phi) is 6.40. The molecule has 0 saturated heterocycles. The van der Waals surface area contributed by atoms with E-state index in [1.165, 1.54) is 5.56 Å². The molecule has 1 aliphatic rings. The predicted molar refractivity (Wildman–Crippen MR) is 83.6 cm³/mol. The fourth-order valence-corrected chi connectivity index (χ4v) is 3.31. The summed E-state index contributed by atoms with van der Waals surface area (Å²) in [5.74, 6) is 2.06. The lowest BCUT2D eigenvalue weighted by Gasteiger charge is -2.25. The molecule has 0 aromatic heterocycles. The molecule has 1 aromatic rings. The van der Waals surface area contributed by atoms with Crippen molar-refractivity contribution in [3.05, 3.63) is 35.9 Å². The Morgan fingerprint density at radius 3 is 2.60 bits per heavy atom. The van der Waals surface area contributed by atoms with Crippen LogP contribution in [-0.2, 0) is 10.5 Å². The third-order valence-corrected chi connectivity index (χ3v) is 4.75. The molecular weight excluding hydrogens is 270 g/mol. The molecular formula is C16H23NO2S. The van der Waals surface area contributed by atoms with Crippen LogP contribution in [0.3, 0.4) is 0 Å². The van der Waals surface area contributed by atoms with Crippen LogP contribution in [0.25, 0.3) is 0 Å². The monoisotopic (exact) mass is 293 g/mol. The van der Waals surface area contributed by atoms with Gasteiger partial charge in [0.25, 0.3) is 0 Å². The average Bonchev–Trinajstić information content (AvgIpc) is 2.48. The van der Waals surface area contributed by atoms with Gasteiger partial charge in [-0.15, -0.1) is 11.8 Å². The molecule has 1 amide bonds. The molecule has 2 rings (SSSR count). The Hall–Kier alpha value is -1.00. The smallest absolute Gasteiger partial charge is 0.230 e. The van der Waals surface area contributed by atoms with Crippen LogP contribution in [0.15, 0.2) is 30.3 Å². The van der Waals surface area contributed by atoms with E-state index in [1.54, 1.807) is 11.8 Å². The van der Waals surface area contributed by atoms with Gasteiger partial charge in [0, 0.05) is 12.3 Å². The maximum atomic E-state index is 11.8. The number of carbonyl (C=O) groups excluding carboxylic acids is 1. The largest absolute Gasteiger partial charge is 0.393 e. The van der Waals surface area contributed by atoms with E-state index in [1.807, 2.05) is 18.2 Å². The number of benzene rings is 1. The summed E-state index contributed by atoms with van der Waals surface area (Å²) < 4.78 is 0. The highest BCUT2D eigenvalue weighted by Crippen LogP contribution is 2.23. The second-order valence-electron chi connectivity index (χ2n) is 5.46. The van der Waals surface area contributed by atoms with Crippen LogP contribution in [0.5, 0.6) is 0 Å². The van der Waals surface area contributed by atoms with Crippen molar-refractivity contribution in [2.45, 2.75) is 37.5 Å². The van der Waals surface area contributed by atoms with E-state index < -0.39 is 0 Å². The summed E-state index contributed by atoms with van der Waals surface area (Å²) in [5.41, 5.74) is 1.26. The van der Waals surface area contributed by atoms with Crippen molar-refractivity contribution in [3.63, 3.8) is 0 Å². The van der Waals surface area contributed by atoms with Gasteiger partial charge in [0.15, 0.2) is 0 Å². The molecule has 20 heavy (non-hydrogen) atoms. The van der Waals surface area contributed by atoms with Crippen molar-refractivity contribution in [1.29, 1.82) is 0 Å². The molecule has 0 aliphatic heterocycles. The quantitative estimate of drug-likeness (QED) is 0.847. The van der Waals surface area contributed by atoms with Crippen LogP contribution in [0.1, 0.15) is 31.2 Å². The zero-order valence-corrected chi connectivity index (χ0v) is 12.6. The van der Waals surface area contributed by atoms with Gasteiger partial charge in [-0.05, 0) is 37.2 Å². The summed E-state index contributed by atoms with van der Waals surface area (Å²) in [4.78, 5) is 11.8. The molecule has 0 heterocycles. The van der Waals surface area contributed by atoms with Gasteiger partial charge < -0.3 is 10.4 Å². The van der Waals surface area contributed by atoms with Crippen LogP contribution < -0.4 is 5.32 Å². The topological polar surface area (TPSA) is 49.3 Å².